The van der Waals surface area contributed by atoms with Crippen molar-refractivity contribution in [1.29, 1.82) is 0 Å². The smallest absolute Gasteiger partial charge is 0.226 e. The summed E-state index contributed by atoms with van der Waals surface area (Å²) in [6, 6.07) is 18.7. The van der Waals surface area contributed by atoms with Gasteiger partial charge in [0.1, 0.15) is 0 Å². The number of rotatable bonds is 7. The fourth-order valence-corrected chi connectivity index (χ4v) is 5.05. The average molecular weight is 447 g/mol. The maximum absolute atomic E-state index is 13.1. The van der Waals surface area contributed by atoms with Crippen LogP contribution in [0.5, 0.6) is 0 Å². The number of likely N-dealkylation sites (tertiary alicyclic amines) is 1. The lowest BCUT2D eigenvalue weighted by atomic mass is 9.72. The molecule has 0 aliphatic carbocycles. The zero-order chi connectivity index (χ0) is 23.3. The molecule has 0 unspecified atom stereocenters. The van der Waals surface area contributed by atoms with Gasteiger partial charge in [0, 0.05) is 51.8 Å². The second-order valence-electron chi connectivity index (χ2n) is 9.23. The van der Waals surface area contributed by atoms with Crippen molar-refractivity contribution in [2.75, 3.05) is 33.2 Å². The number of carbonyl (C=O) groups is 2. The summed E-state index contributed by atoms with van der Waals surface area (Å²) in [6.07, 6.45) is 3.46. The highest BCUT2D eigenvalue weighted by atomic mass is 16.2. The van der Waals surface area contributed by atoms with Gasteiger partial charge < -0.3 is 10.2 Å². The molecule has 6 nitrogen and oxygen atoms in total. The number of piperidine rings is 1. The van der Waals surface area contributed by atoms with Crippen LogP contribution in [-0.4, -0.2) is 60.7 Å². The van der Waals surface area contributed by atoms with E-state index in [0.29, 0.717) is 45.3 Å². The molecule has 2 aromatic rings. The fourth-order valence-electron chi connectivity index (χ4n) is 5.05. The van der Waals surface area contributed by atoms with Crippen molar-refractivity contribution in [3.8, 4) is 11.1 Å². The molecule has 4 rings (SSSR count). The zero-order valence-electron chi connectivity index (χ0n) is 19.7. The summed E-state index contributed by atoms with van der Waals surface area (Å²) in [5.74, 6) is 0.226. The van der Waals surface area contributed by atoms with Gasteiger partial charge in [-0.25, -0.2) is 0 Å². The minimum Gasteiger partial charge on any atom is -0.359 e. The van der Waals surface area contributed by atoms with Crippen molar-refractivity contribution in [2.45, 2.75) is 39.0 Å². The van der Waals surface area contributed by atoms with Gasteiger partial charge >= 0.3 is 0 Å². The van der Waals surface area contributed by atoms with Crippen molar-refractivity contribution in [2.24, 2.45) is 10.5 Å². The Hall–Kier alpha value is -3.15. The van der Waals surface area contributed by atoms with Gasteiger partial charge in [0.05, 0.1) is 5.41 Å². The lowest BCUT2D eigenvalue weighted by Crippen LogP contribution is -2.50. The van der Waals surface area contributed by atoms with Crippen LogP contribution in [0.25, 0.3) is 11.1 Å². The number of carbonyl (C=O) groups excluding carboxylic acids is 2. The first-order valence-corrected chi connectivity index (χ1v) is 11.9. The number of nitrogens with zero attached hydrogens (tertiary/aromatic N) is 3. The lowest BCUT2D eigenvalue weighted by Gasteiger charge is -2.41. The maximum Gasteiger partial charge on any atom is 0.226 e. The van der Waals surface area contributed by atoms with Gasteiger partial charge in [-0.1, -0.05) is 54.6 Å². The van der Waals surface area contributed by atoms with Crippen LogP contribution in [0.15, 0.2) is 59.7 Å². The van der Waals surface area contributed by atoms with Crippen molar-refractivity contribution in [3.05, 3.63) is 60.2 Å². The van der Waals surface area contributed by atoms with Crippen LogP contribution in [-0.2, 0) is 16.0 Å². The first kappa shape index (κ1) is 23.0. The van der Waals surface area contributed by atoms with Crippen molar-refractivity contribution < 1.29 is 9.59 Å². The molecule has 1 fully saturated rings. The number of hydrogen-bond donors (Lipinski definition) is 1. The van der Waals surface area contributed by atoms with Gasteiger partial charge in [-0.2, -0.15) is 5.10 Å². The van der Waals surface area contributed by atoms with Crippen LogP contribution in [0, 0.1) is 5.41 Å². The Balaban J connectivity index is 1.45. The van der Waals surface area contributed by atoms with Crippen LogP contribution in [0.3, 0.4) is 0 Å². The standard InChI is InChI=1S/C27H34N4O2/c1-21-12-16-31(29-21)17-13-25(32)30-18-14-27(15-19-30,26(33)28-2)20-23-10-6-7-11-24(23)22-8-4-3-5-9-22/h3-11H,12-20H2,1-2H3,(H,28,33). The van der Waals surface area contributed by atoms with E-state index in [-0.39, 0.29) is 11.8 Å². The third kappa shape index (κ3) is 5.27. The van der Waals surface area contributed by atoms with E-state index in [1.165, 1.54) is 11.1 Å². The second-order valence-corrected chi connectivity index (χ2v) is 9.23. The Bertz CT molecular complexity index is 1010. The molecule has 1 saturated heterocycles. The van der Waals surface area contributed by atoms with E-state index >= 15 is 0 Å². The minimum absolute atomic E-state index is 0.0688. The Kier molecular flexibility index (Phi) is 7.11. The zero-order valence-corrected chi connectivity index (χ0v) is 19.7. The molecule has 174 valence electrons. The van der Waals surface area contributed by atoms with Gasteiger partial charge in [-0.15, -0.1) is 0 Å². The van der Waals surface area contributed by atoms with Crippen molar-refractivity contribution in [3.63, 3.8) is 0 Å². The number of benzene rings is 2. The molecule has 1 N–H and O–H groups in total. The average Bonchev–Trinajstić information content (AvgIpc) is 3.28. The highest BCUT2D eigenvalue weighted by Gasteiger charge is 2.42. The predicted octanol–water partition coefficient (Wildman–Crippen LogP) is 3.72. The Morgan fingerprint density at radius 2 is 1.70 bits per heavy atom. The molecule has 2 aliphatic rings. The van der Waals surface area contributed by atoms with Crippen molar-refractivity contribution >= 4 is 17.5 Å². The van der Waals surface area contributed by atoms with E-state index in [0.717, 1.165) is 24.2 Å². The molecule has 0 spiro atoms. The van der Waals surface area contributed by atoms with Gasteiger partial charge in [-0.05, 0) is 42.9 Å². The summed E-state index contributed by atoms with van der Waals surface area (Å²) in [5, 5.41) is 9.36. The number of amides is 2. The Morgan fingerprint density at radius 3 is 2.36 bits per heavy atom. The van der Waals surface area contributed by atoms with E-state index in [9.17, 15) is 9.59 Å². The quantitative estimate of drug-likeness (QED) is 0.705. The largest absolute Gasteiger partial charge is 0.359 e. The van der Waals surface area contributed by atoms with E-state index in [1.54, 1.807) is 7.05 Å². The molecule has 6 heteroatoms. The summed E-state index contributed by atoms with van der Waals surface area (Å²) in [6.45, 7) is 4.82. The van der Waals surface area contributed by atoms with Crippen LogP contribution in [0.2, 0.25) is 0 Å². The van der Waals surface area contributed by atoms with E-state index < -0.39 is 5.41 Å². The SMILES string of the molecule is CNC(=O)C1(Cc2ccccc2-c2ccccc2)CCN(C(=O)CCN2CCC(C)=N2)CC1. The Labute approximate surface area is 196 Å². The van der Waals surface area contributed by atoms with Crippen molar-refractivity contribution in [1.82, 2.24) is 15.2 Å². The molecule has 33 heavy (non-hydrogen) atoms. The topological polar surface area (TPSA) is 65.0 Å². The third-order valence-electron chi connectivity index (χ3n) is 7.04. The summed E-state index contributed by atoms with van der Waals surface area (Å²) in [4.78, 5) is 27.9. The molecular weight excluding hydrogens is 412 g/mol. The number of hydrazone groups is 1. The van der Waals surface area contributed by atoms with Gasteiger partial charge in [0.2, 0.25) is 11.8 Å². The molecule has 0 atom stereocenters. The normalized spacial score (nSPS) is 17.6. The minimum atomic E-state index is -0.507. The highest BCUT2D eigenvalue weighted by Crippen LogP contribution is 2.38. The monoisotopic (exact) mass is 446 g/mol. The molecule has 0 saturated carbocycles. The highest BCUT2D eigenvalue weighted by molar-refractivity contribution is 5.84. The molecule has 0 aromatic heterocycles. The summed E-state index contributed by atoms with van der Waals surface area (Å²) < 4.78 is 0. The Morgan fingerprint density at radius 1 is 1.00 bits per heavy atom. The first-order valence-electron chi connectivity index (χ1n) is 11.9. The molecular formula is C27H34N4O2. The molecule has 0 bridgehead atoms. The number of nitrogens with one attached hydrogen (secondary N) is 1. The molecule has 2 aromatic carbocycles. The van der Waals surface area contributed by atoms with Crippen LogP contribution < -0.4 is 5.32 Å². The lowest BCUT2D eigenvalue weighted by molar-refractivity contribution is -0.140. The second kappa shape index (κ2) is 10.2. The van der Waals surface area contributed by atoms with E-state index in [1.807, 2.05) is 47.2 Å². The van der Waals surface area contributed by atoms with Gasteiger partial charge in [0.25, 0.3) is 0 Å². The summed E-state index contributed by atoms with van der Waals surface area (Å²) in [5.41, 5.74) is 4.13. The van der Waals surface area contributed by atoms with Crippen LogP contribution in [0.1, 0.15) is 38.2 Å². The first-order chi connectivity index (χ1) is 16.0. The molecule has 2 amide bonds. The van der Waals surface area contributed by atoms with E-state index in [2.05, 4.69) is 34.7 Å². The molecule has 2 heterocycles. The molecule has 2 aliphatic heterocycles. The van der Waals surface area contributed by atoms with Crippen LogP contribution in [0.4, 0.5) is 0 Å². The van der Waals surface area contributed by atoms with E-state index in [4.69, 9.17) is 0 Å². The predicted molar refractivity (Wildman–Crippen MR) is 132 cm³/mol. The van der Waals surface area contributed by atoms with Crippen LogP contribution >= 0.6 is 0 Å². The summed E-state index contributed by atoms with van der Waals surface area (Å²) >= 11 is 0. The van der Waals surface area contributed by atoms with Gasteiger partial charge in [-0.3, -0.25) is 14.6 Å². The third-order valence-corrected chi connectivity index (χ3v) is 7.04. The van der Waals surface area contributed by atoms with Gasteiger partial charge in [0.15, 0.2) is 0 Å². The molecule has 0 radical (unpaired) electrons. The number of hydrogen-bond acceptors (Lipinski definition) is 4. The maximum atomic E-state index is 13.1. The summed E-state index contributed by atoms with van der Waals surface area (Å²) in [7, 11) is 1.71. The fraction of sp³-hybridized carbons (Fsp3) is 0.444.